The topological polar surface area (TPSA) is 206 Å². The van der Waals surface area contributed by atoms with Crippen LogP contribution in [0.4, 0.5) is 0 Å². The minimum Gasteiger partial charge on any atom is -0.480 e. The molecule has 0 radical (unpaired) electrons. The van der Waals surface area contributed by atoms with Crippen LogP contribution in [0.1, 0.15) is 53.4 Å². The van der Waals surface area contributed by atoms with E-state index in [4.69, 9.17) is 17.2 Å². The Kier molecular flexibility index (Phi) is 11.1. The van der Waals surface area contributed by atoms with Crippen LogP contribution in [-0.2, 0) is 19.2 Å². The number of likely N-dealkylation sites (tertiary alicyclic amines) is 1. The van der Waals surface area contributed by atoms with Gasteiger partial charge in [-0.05, 0) is 37.5 Å². The van der Waals surface area contributed by atoms with Crippen molar-refractivity contribution in [3.8, 4) is 0 Å². The molecular weight excluding hydrogens is 430 g/mol. The fourth-order valence-electron chi connectivity index (χ4n) is 3.58. The van der Waals surface area contributed by atoms with Gasteiger partial charge in [0.05, 0.1) is 6.04 Å². The van der Waals surface area contributed by atoms with Crippen LogP contribution in [0.2, 0.25) is 0 Å². The van der Waals surface area contributed by atoms with Gasteiger partial charge in [-0.1, -0.05) is 27.7 Å². The number of carbonyl (C=O) groups excluding carboxylic acids is 3. The fraction of sp³-hybridized carbons (Fsp3) is 0.762. The molecule has 1 fully saturated rings. The summed E-state index contributed by atoms with van der Waals surface area (Å²) in [5.74, 6) is -2.95. The van der Waals surface area contributed by atoms with Crippen LogP contribution < -0.4 is 27.8 Å². The second-order valence-electron chi connectivity index (χ2n) is 9.04. The quantitative estimate of drug-likeness (QED) is 0.115. The first-order chi connectivity index (χ1) is 15.4. The third kappa shape index (κ3) is 8.52. The third-order valence-corrected chi connectivity index (χ3v) is 5.65. The van der Waals surface area contributed by atoms with E-state index in [0.29, 0.717) is 25.8 Å². The molecule has 0 spiro atoms. The van der Waals surface area contributed by atoms with Gasteiger partial charge in [-0.2, -0.15) is 0 Å². The number of nitrogens with one attached hydrogen (secondary N) is 2. The summed E-state index contributed by atoms with van der Waals surface area (Å²) in [4.78, 5) is 55.4. The van der Waals surface area contributed by atoms with Crippen LogP contribution in [0.25, 0.3) is 0 Å². The Labute approximate surface area is 194 Å². The summed E-state index contributed by atoms with van der Waals surface area (Å²) in [5, 5.41) is 14.7. The van der Waals surface area contributed by atoms with Gasteiger partial charge in [-0.25, -0.2) is 4.79 Å². The number of nitrogens with two attached hydrogens (primary N) is 3. The van der Waals surface area contributed by atoms with E-state index in [0.717, 1.165) is 0 Å². The van der Waals surface area contributed by atoms with E-state index >= 15 is 0 Å². The highest BCUT2D eigenvalue weighted by molar-refractivity contribution is 5.94. The van der Waals surface area contributed by atoms with Gasteiger partial charge in [-0.15, -0.1) is 0 Å². The Bertz CT molecular complexity index is 737. The van der Waals surface area contributed by atoms with Crippen molar-refractivity contribution in [3.05, 3.63) is 0 Å². The van der Waals surface area contributed by atoms with E-state index in [1.54, 1.807) is 13.8 Å². The van der Waals surface area contributed by atoms with Crippen molar-refractivity contribution in [1.82, 2.24) is 15.5 Å². The van der Waals surface area contributed by atoms with E-state index in [9.17, 15) is 24.3 Å². The van der Waals surface area contributed by atoms with Gasteiger partial charge in [0.15, 0.2) is 5.96 Å². The molecule has 188 valence electrons. The van der Waals surface area contributed by atoms with Crippen molar-refractivity contribution in [2.45, 2.75) is 77.5 Å². The largest absolute Gasteiger partial charge is 0.480 e. The summed E-state index contributed by atoms with van der Waals surface area (Å²) in [6.45, 7) is 7.80. The first-order valence-corrected chi connectivity index (χ1v) is 11.3. The lowest BCUT2D eigenvalue weighted by Gasteiger charge is -2.31. The predicted octanol–water partition coefficient (Wildman–Crippen LogP) is -1.28. The number of rotatable bonds is 12. The molecule has 0 saturated carbocycles. The van der Waals surface area contributed by atoms with Crippen molar-refractivity contribution in [3.63, 3.8) is 0 Å². The number of amides is 3. The number of hydrogen-bond donors (Lipinski definition) is 6. The Balaban J connectivity index is 2.87. The van der Waals surface area contributed by atoms with Gasteiger partial charge in [0.1, 0.15) is 18.1 Å². The van der Waals surface area contributed by atoms with Gasteiger partial charge < -0.3 is 37.8 Å². The molecule has 4 unspecified atom stereocenters. The molecule has 4 atom stereocenters. The summed E-state index contributed by atoms with van der Waals surface area (Å²) in [5.41, 5.74) is 16.4. The number of aliphatic imine (C=N–C) groups is 1. The van der Waals surface area contributed by atoms with Gasteiger partial charge in [-0.3, -0.25) is 19.4 Å². The SMILES string of the molecule is CC(C)C(N)C(=O)NC(C(=O)N1CCCC1C(=O)NC(CCCN=C(N)N)C(=O)O)C(C)C. The maximum absolute atomic E-state index is 13.3. The number of carboxylic acids is 1. The maximum Gasteiger partial charge on any atom is 0.326 e. The van der Waals surface area contributed by atoms with Gasteiger partial charge in [0, 0.05) is 13.1 Å². The van der Waals surface area contributed by atoms with Crippen molar-refractivity contribution in [1.29, 1.82) is 0 Å². The number of carboxylic acid groups (broad SMARTS) is 1. The zero-order valence-electron chi connectivity index (χ0n) is 19.9. The van der Waals surface area contributed by atoms with Crippen LogP contribution in [0.3, 0.4) is 0 Å². The first kappa shape index (κ1) is 28.1. The molecule has 12 heteroatoms. The highest BCUT2D eigenvalue weighted by Crippen LogP contribution is 2.21. The number of nitrogens with zero attached hydrogens (tertiary/aromatic N) is 2. The normalized spacial score (nSPS) is 18.5. The number of carbonyl (C=O) groups is 4. The summed E-state index contributed by atoms with van der Waals surface area (Å²) in [7, 11) is 0. The van der Waals surface area contributed by atoms with E-state index in [-0.39, 0.29) is 36.7 Å². The Morgan fingerprint density at radius 3 is 2.24 bits per heavy atom. The molecule has 9 N–H and O–H groups in total. The molecule has 0 aliphatic carbocycles. The van der Waals surface area contributed by atoms with Crippen LogP contribution in [0.5, 0.6) is 0 Å². The lowest BCUT2D eigenvalue weighted by Crippen LogP contribution is -2.58. The number of aliphatic carboxylic acids is 1. The summed E-state index contributed by atoms with van der Waals surface area (Å²) < 4.78 is 0. The molecule has 0 aromatic heterocycles. The van der Waals surface area contributed by atoms with E-state index < -0.39 is 42.0 Å². The maximum atomic E-state index is 13.3. The van der Waals surface area contributed by atoms with E-state index in [1.165, 1.54) is 4.90 Å². The van der Waals surface area contributed by atoms with Gasteiger partial charge in [0.25, 0.3) is 0 Å². The van der Waals surface area contributed by atoms with Crippen LogP contribution >= 0.6 is 0 Å². The van der Waals surface area contributed by atoms with Crippen molar-refractivity contribution < 1.29 is 24.3 Å². The molecule has 12 nitrogen and oxygen atoms in total. The van der Waals surface area contributed by atoms with Crippen LogP contribution in [0.15, 0.2) is 4.99 Å². The lowest BCUT2D eigenvalue weighted by molar-refractivity contribution is -0.145. The molecule has 1 saturated heterocycles. The van der Waals surface area contributed by atoms with Gasteiger partial charge in [0.2, 0.25) is 17.7 Å². The predicted molar refractivity (Wildman–Crippen MR) is 124 cm³/mol. The Morgan fingerprint density at radius 1 is 1.09 bits per heavy atom. The van der Waals surface area contributed by atoms with Crippen molar-refractivity contribution in [2.24, 2.45) is 34.0 Å². The summed E-state index contributed by atoms with van der Waals surface area (Å²) >= 11 is 0. The third-order valence-electron chi connectivity index (χ3n) is 5.65. The summed E-state index contributed by atoms with van der Waals surface area (Å²) in [6.07, 6.45) is 1.49. The highest BCUT2D eigenvalue weighted by Gasteiger charge is 2.40. The number of hydrogen-bond acceptors (Lipinski definition) is 6. The minimum atomic E-state index is -1.18. The van der Waals surface area contributed by atoms with Crippen LogP contribution in [-0.4, -0.2) is 76.9 Å². The second kappa shape index (κ2) is 13.0. The zero-order chi connectivity index (χ0) is 25.3. The molecule has 1 heterocycles. The fourth-order valence-corrected chi connectivity index (χ4v) is 3.58. The Hall–Kier alpha value is -2.89. The molecule has 1 aliphatic rings. The van der Waals surface area contributed by atoms with Gasteiger partial charge >= 0.3 is 5.97 Å². The van der Waals surface area contributed by atoms with Crippen molar-refractivity contribution in [2.75, 3.05) is 13.1 Å². The molecule has 0 aromatic carbocycles. The highest BCUT2D eigenvalue weighted by atomic mass is 16.4. The minimum absolute atomic E-state index is 0.0906. The van der Waals surface area contributed by atoms with E-state index in [2.05, 4.69) is 15.6 Å². The standard InChI is InChI=1S/C21H39N7O5/c1-11(2)15(22)18(30)27-16(12(3)4)19(31)28-10-6-8-14(28)17(29)26-13(20(32)33)7-5-9-25-21(23)24/h11-16H,5-10,22H2,1-4H3,(H,26,29)(H,27,30)(H,32,33)(H4,23,24,25). The van der Waals surface area contributed by atoms with Crippen LogP contribution in [0, 0.1) is 11.8 Å². The molecular formula is C21H39N7O5. The molecule has 0 aromatic rings. The molecule has 3 amide bonds. The lowest BCUT2D eigenvalue weighted by atomic mass is 9.99. The zero-order valence-corrected chi connectivity index (χ0v) is 19.9. The number of guanidine groups is 1. The monoisotopic (exact) mass is 469 g/mol. The molecule has 1 rings (SSSR count). The van der Waals surface area contributed by atoms with Crippen molar-refractivity contribution >= 4 is 29.7 Å². The average Bonchev–Trinajstić information content (AvgIpc) is 3.22. The molecule has 1 aliphatic heterocycles. The van der Waals surface area contributed by atoms with E-state index in [1.807, 2.05) is 13.8 Å². The average molecular weight is 470 g/mol. The summed E-state index contributed by atoms with van der Waals surface area (Å²) in [6, 6.07) is -3.54. The second-order valence-corrected chi connectivity index (χ2v) is 9.04. The smallest absolute Gasteiger partial charge is 0.326 e. The Morgan fingerprint density at radius 2 is 1.73 bits per heavy atom. The first-order valence-electron chi connectivity index (χ1n) is 11.3. The molecule has 0 bridgehead atoms. The molecule has 33 heavy (non-hydrogen) atoms.